The Hall–Kier alpha value is -3.84. The van der Waals surface area contributed by atoms with Crippen molar-refractivity contribution in [1.82, 2.24) is 5.32 Å². The Bertz CT molecular complexity index is 1220. The summed E-state index contributed by atoms with van der Waals surface area (Å²) in [5, 5.41) is 12.9. The van der Waals surface area contributed by atoms with Crippen LogP contribution in [0.25, 0.3) is 0 Å². The van der Waals surface area contributed by atoms with Crippen LogP contribution in [0.3, 0.4) is 0 Å². The number of phenols is 1. The zero-order chi connectivity index (χ0) is 25.1. The lowest BCUT2D eigenvalue weighted by Gasteiger charge is -2.35. The summed E-state index contributed by atoms with van der Waals surface area (Å²) in [5.41, 5.74) is 10.6. The van der Waals surface area contributed by atoms with Crippen molar-refractivity contribution in [2.45, 2.75) is 45.7 Å². The first-order valence-corrected chi connectivity index (χ1v) is 11.7. The molecule has 7 nitrogen and oxygen atoms in total. The van der Waals surface area contributed by atoms with E-state index in [0.717, 1.165) is 27.9 Å². The molecule has 0 spiro atoms. The molecule has 35 heavy (non-hydrogen) atoms. The summed E-state index contributed by atoms with van der Waals surface area (Å²) in [6.07, 6.45) is 0.928. The summed E-state index contributed by atoms with van der Waals surface area (Å²) < 4.78 is 5.99. The number of aromatic hydroxyl groups is 1. The van der Waals surface area contributed by atoms with E-state index in [1.165, 1.54) is 6.92 Å². The molecule has 3 aromatic carbocycles. The van der Waals surface area contributed by atoms with Crippen LogP contribution in [-0.2, 0) is 16.0 Å². The second kappa shape index (κ2) is 10.2. The van der Waals surface area contributed by atoms with Crippen LogP contribution in [0.15, 0.2) is 60.7 Å². The summed E-state index contributed by atoms with van der Waals surface area (Å²) in [6.45, 7) is 5.83. The van der Waals surface area contributed by atoms with Gasteiger partial charge in [0.1, 0.15) is 17.2 Å². The molecule has 1 aliphatic rings. The van der Waals surface area contributed by atoms with Gasteiger partial charge in [0.2, 0.25) is 11.8 Å². The van der Waals surface area contributed by atoms with Gasteiger partial charge in [-0.1, -0.05) is 18.2 Å². The van der Waals surface area contributed by atoms with Crippen molar-refractivity contribution < 1.29 is 19.4 Å². The van der Waals surface area contributed by atoms with E-state index in [0.29, 0.717) is 30.9 Å². The van der Waals surface area contributed by atoms with Crippen molar-refractivity contribution in [3.8, 4) is 17.2 Å². The standard InChI is InChI=1S/C28H31N3O4/c1-17-13-20(33)14-18(2)23(17)16-25(29)28(34)30-26-11-12-31(19(3)32)27-10-9-22(15-24(26)27)35-21-7-5-4-6-8-21/h4-10,13-15,25-26,33H,11-12,16,29H2,1-3H3,(H,30,34)/t25-,26+/m0/s1. The number of amides is 2. The number of nitrogens with zero attached hydrogens (tertiary/aromatic N) is 1. The molecule has 7 heteroatoms. The fourth-order valence-corrected chi connectivity index (χ4v) is 4.64. The summed E-state index contributed by atoms with van der Waals surface area (Å²) in [5.74, 6) is 1.21. The number of para-hydroxylation sites is 1. The average molecular weight is 474 g/mol. The van der Waals surface area contributed by atoms with Crippen LogP contribution in [0.4, 0.5) is 5.69 Å². The van der Waals surface area contributed by atoms with Gasteiger partial charge in [-0.05, 0) is 85.8 Å². The van der Waals surface area contributed by atoms with Gasteiger partial charge in [-0.15, -0.1) is 0 Å². The minimum atomic E-state index is -0.755. The number of ether oxygens (including phenoxy) is 1. The fraction of sp³-hybridized carbons (Fsp3) is 0.286. The maximum Gasteiger partial charge on any atom is 0.237 e. The second-order valence-electron chi connectivity index (χ2n) is 9.02. The Morgan fingerprint density at radius 2 is 1.77 bits per heavy atom. The molecule has 1 heterocycles. The molecular weight excluding hydrogens is 442 g/mol. The van der Waals surface area contributed by atoms with Crippen molar-refractivity contribution in [3.63, 3.8) is 0 Å². The van der Waals surface area contributed by atoms with Crippen LogP contribution in [-0.4, -0.2) is 29.5 Å². The number of nitrogens with two attached hydrogens (primary N) is 1. The highest BCUT2D eigenvalue weighted by Crippen LogP contribution is 2.37. The van der Waals surface area contributed by atoms with Gasteiger partial charge in [-0.25, -0.2) is 0 Å². The molecule has 0 saturated carbocycles. The van der Waals surface area contributed by atoms with Crippen molar-refractivity contribution in [1.29, 1.82) is 0 Å². The minimum Gasteiger partial charge on any atom is -0.508 e. The zero-order valence-corrected chi connectivity index (χ0v) is 20.2. The predicted molar refractivity (Wildman–Crippen MR) is 136 cm³/mol. The number of nitrogens with one attached hydrogen (secondary N) is 1. The third-order valence-electron chi connectivity index (χ3n) is 6.42. The molecule has 1 aliphatic heterocycles. The number of aryl methyl sites for hydroxylation is 2. The maximum absolute atomic E-state index is 13.1. The molecule has 4 rings (SSSR count). The lowest BCUT2D eigenvalue weighted by Crippen LogP contribution is -2.46. The number of rotatable bonds is 6. The lowest BCUT2D eigenvalue weighted by molar-refractivity contribution is -0.123. The number of carbonyl (C=O) groups is 2. The van der Waals surface area contributed by atoms with Crippen LogP contribution in [0.2, 0.25) is 0 Å². The first-order valence-electron chi connectivity index (χ1n) is 11.7. The van der Waals surface area contributed by atoms with Crippen molar-refractivity contribution >= 4 is 17.5 Å². The number of fused-ring (bicyclic) bond motifs is 1. The SMILES string of the molecule is CC(=O)N1CC[C@@H](NC(=O)[C@@H](N)Cc2c(C)cc(O)cc2C)c2cc(Oc3ccccc3)ccc21. The maximum atomic E-state index is 13.1. The van der Waals surface area contributed by atoms with Gasteiger partial charge in [-0.3, -0.25) is 9.59 Å². The molecule has 2 amide bonds. The molecule has 4 N–H and O–H groups in total. The molecule has 182 valence electrons. The number of benzene rings is 3. The van der Waals surface area contributed by atoms with Crippen LogP contribution in [0, 0.1) is 13.8 Å². The lowest BCUT2D eigenvalue weighted by atomic mass is 9.94. The van der Waals surface area contributed by atoms with Gasteiger partial charge in [0.15, 0.2) is 0 Å². The Morgan fingerprint density at radius 3 is 2.43 bits per heavy atom. The van der Waals surface area contributed by atoms with E-state index in [-0.39, 0.29) is 23.6 Å². The third kappa shape index (κ3) is 5.46. The normalized spacial score (nSPS) is 15.8. The quantitative estimate of drug-likeness (QED) is 0.496. The monoisotopic (exact) mass is 473 g/mol. The Labute approximate surface area is 205 Å². The van der Waals surface area contributed by atoms with Crippen LogP contribution >= 0.6 is 0 Å². The number of carbonyl (C=O) groups excluding carboxylic acids is 2. The largest absolute Gasteiger partial charge is 0.508 e. The number of anilines is 1. The Morgan fingerprint density at radius 1 is 1.09 bits per heavy atom. The van der Waals surface area contributed by atoms with E-state index in [1.807, 2.05) is 62.4 Å². The molecule has 0 aliphatic carbocycles. The van der Waals surface area contributed by atoms with Crippen molar-refractivity contribution in [2.75, 3.05) is 11.4 Å². The fourth-order valence-electron chi connectivity index (χ4n) is 4.64. The Balaban J connectivity index is 1.56. The zero-order valence-electron chi connectivity index (χ0n) is 20.2. The molecule has 2 atom stereocenters. The average Bonchev–Trinajstić information content (AvgIpc) is 2.82. The topological polar surface area (TPSA) is 105 Å². The van der Waals surface area contributed by atoms with E-state index in [4.69, 9.17) is 10.5 Å². The summed E-state index contributed by atoms with van der Waals surface area (Å²) >= 11 is 0. The number of phenolic OH excluding ortho intramolecular Hbond substituents is 1. The summed E-state index contributed by atoms with van der Waals surface area (Å²) in [7, 11) is 0. The summed E-state index contributed by atoms with van der Waals surface area (Å²) in [6, 6.07) is 17.3. The van der Waals surface area contributed by atoms with E-state index in [2.05, 4.69) is 5.32 Å². The second-order valence-corrected chi connectivity index (χ2v) is 9.02. The summed E-state index contributed by atoms with van der Waals surface area (Å²) in [4.78, 5) is 27.1. The molecule has 0 saturated heterocycles. The van der Waals surface area contributed by atoms with Gasteiger partial charge in [0, 0.05) is 24.7 Å². The van der Waals surface area contributed by atoms with Gasteiger partial charge >= 0.3 is 0 Å². The predicted octanol–water partition coefficient (Wildman–Crippen LogP) is 4.29. The van der Waals surface area contributed by atoms with Gasteiger partial charge in [-0.2, -0.15) is 0 Å². The minimum absolute atomic E-state index is 0.0530. The van der Waals surface area contributed by atoms with Gasteiger partial charge in [0.25, 0.3) is 0 Å². The molecule has 0 radical (unpaired) electrons. The van der Waals surface area contributed by atoms with Gasteiger partial charge < -0.3 is 25.8 Å². The van der Waals surface area contributed by atoms with Crippen molar-refractivity contribution in [2.24, 2.45) is 5.73 Å². The van der Waals surface area contributed by atoms with E-state index in [1.54, 1.807) is 17.0 Å². The Kier molecular flexibility index (Phi) is 7.07. The molecule has 3 aromatic rings. The first kappa shape index (κ1) is 24.3. The molecular formula is C28H31N3O4. The number of hydrogen-bond acceptors (Lipinski definition) is 5. The van der Waals surface area contributed by atoms with Crippen LogP contribution in [0.1, 0.15) is 41.6 Å². The van der Waals surface area contributed by atoms with E-state index in [9.17, 15) is 14.7 Å². The number of hydrogen-bond donors (Lipinski definition) is 3. The molecule has 0 unspecified atom stereocenters. The molecule has 0 fully saturated rings. The highest BCUT2D eigenvalue weighted by Gasteiger charge is 2.30. The van der Waals surface area contributed by atoms with Crippen LogP contribution < -0.4 is 20.7 Å². The van der Waals surface area contributed by atoms with E-state index < -0.39 is 6.04 Å². The highest BCUT2D eigenvalue weighted by molar-refractivity contribution is 5.93. The molecule has 0 aromatic heterocycles. The molecule has 0 bridgehead atoms. The van der Waals surface area contributed by atoms with Gasteiger partial charge in [0.05, 0.1) is 12.1 Å². The van der Waals surface area contributed by atoms with E-state index >= 15 is 0 Å². The highest BCUT2D eigenvalue weighted by atomic mass is 16.5. The van der Waals surface area contributed by atoms with Crippen molar-refractivity contribution in [3.05, 3.63) is 82.9 Å². The third-order valence-corrected chi connectivity index (χ3v) is 6.42. The smallest absolute Gasteiger partial charge is 0.237 e. The first-order chi connectivity index (χ1) is 16.7. The van der Waals surface area contributed by atoms with Crippen LogP contribution in [0.5, 0.6) is 17.2 Å².